The van der Waals surface area contributed by atoms with Crippen molar-refractivity contribution in [1.29, 1.82) is 0 Å². The summed E-state index contributed by atoms with van der Waals surface area (Å²) in [6.45, 7) is 3.94. The van der Waals surface area contributed by atoms with Crippen molar-refractivity contribution in [2.75, 3.05) is 6.61 Å². The summed E-state index contributed by atoms with van der Waals surface area (Å²) in [5, 5.41) is 0.00710. The molecule has 15 heavy (non-hydrogen) atoms. The van der Waals surface area contributed by atoms with E-state index in [4.69, 9.17) is 27.5 Å². The Morgan fingerprint density at radius 3 is 2.67 bits per heavy atom. The van der Waals surface area contributed by atoms with Crippen molar-refractivity contribution in [2.45, 2.75) is 20.0 Å². The number of terminal acetylenes is 1. The number of hydrogen-bond donors (Lipinski definition) is 0. The number of hydrogen-bond acceptors (Lipinski definition) is 5. The average Bonchev–Trinajstić information content (AvgIpc) is 2.17. The van der Waals surface area contributed by atoms with Crippen LogP contribution in [0.15, 0.2) is 0 Å². The molecule has 0 aliphatic carbocycles. The van der Waals surface area contributed by atoms with Gasteiger partial charge in [-0.05, 0) is 25.4 Å². The lowest BCUT2D eigenvalue weighted by Gasteiger charge is -2.07. The molecule has 0 spiro atoms. The highest BCUT2D eigenvalue weighted by Crippen LogP contribution is 2.13. The molecular weight excluding hydrogens is 218 g/mol. The zero-order chi connectivity index (χ0) is 11.3. The Hall–Kier alpha value is -1.54. The fraction of sp³-hybridized carbons (Fsp3) is 0.444. The summed E-state index contributed by atoms with van der Waals surface area (Å²) in [5.74, 6) is 2.38. The van der Waals surface area contributed by atoms with Crippen LogP contribution in [0.2, 0.25) is 5.28 Å². The molecule has 1 unspecified atom stereocenters. The molecule has 0 saturated heterocycles. The van der Waals surface area contributed by atoms with E-state index in [1.54, 1.807) is 6.92 Å². The molecule has 0 fully saturated rings. The predicted molar refractivity (Wildman–Crippen MR) is 54.9 cm³/mol. The van der Waals surface area contributed by atoms with Gasteiger partial charge in [0.2, 0.25) is 5.28 Å². The Labute approximate surface area is 92.8 Å². The van der Waals surface area contributed by atoms with E-state index in [9.17, 15) is 0 Å². The van der Waals surface area contributed by atoms with Gasteiger partial charge >= 0.3 is 12.0 Å². The van der Waals surface area contributed by atoms with Gasteiger partial charge in [-0.2, -0.15) is 9.97 Å². The van der Waals surface area contributed by atoms with Crippen LogP contribution in [0, 0.1) is 12.3 Å². The first-order valence-electron chi connectivity index (χ1n) is 4.33. The van der Waals surface area contributed by atoms with E-state index >= 15 is 0 Å². The maximum Gasteiger partial charge on any atom is 0.325 e. The Bertz CT molecular complexity index is 378. The fourth-order valence-electron chi connectivity index (χ4n) is 0.753. The molecule has 1 aromatic heterocycles. The van der Waals surface area contributed by atoms with Crippen LogP contribution in [0.25, 0.3) is 0 Å². The van der Waals surface area contributed by atoms with E-state index in [-0.39, 0.29) is 17.3 Å². The predicted octanol–water partition coefficient (Wildman–Crippen LogP) is 1.32. The molecule has 5 nitrogen and oxygen atoms in total. The van der Waals surface area contributed by atoms with Gasteiger partial charge in [-0.25, -0.2) is 0 Å². The summed E-state index contributed by atoms with van der Waals surface area (Å²) in [5.41, 5.74) is 0. The van der Waals surface area contributed by atoms with Gasteiger partial charge in [-0.1, -0.05) is 5.92 Å². The molecule has 0 aliphatic rings. The van der Waals surface area contributed by atoms with Crippen LogP contribution >= 0.6 is 11.6 Å². The Balaban J connectivity index is 2.84. The second-order valence-corrected chi connectivity index (χ2v) is 2.87. The third-order valence-electron chi connectivity index (χ3n) is 1.36. The van der Waals surface area contributed by atoms with Crippen LogP contribution in [-0.2, 0) is 0 Å². The van der Waals surface area contributed by atoms with Gasteiger partial charge in [-0.3, -0.25) is 0 Å². The molecule has 0 aliphatic heterocycles. The van der Waals surface area contributed by atoms with Gasteiger partial charge in [0.15, 0.2) is 6.10 Å². The molecule has 0 aromatic carbocycles. The number of ether oxygens (including phenoxy) is 2. The molecule has 0 N–H and O–H groups in total. The molecule has 0 amide bonds. The largest absolute Gasteiger partial charge is 0.464 e. The Morgan fingerprint density at radius 2 is 2.07 bits per heavy atom. The summed E-state index contributed by atoms with van der Waals surface area (Å²) in [4.78, 5) is 11.4. The standard InChI is InChI=1S/C9H10ClN3O2/c1-4-6(3)15-9-12-7(10)11-8(13-9)14-5-2/h1,6H,5H2,2-3H3. The van der Waals surface area contributed by atoms with Gasteiger partial charge in [0, 0.05) is 0 Å². The molecular formula is C9H10ClN3O2. The van der Waals surface area contributed by atoms with E-state index in [0.29, 0.717) is 6.61 Å². The highest BCUT2D eigenvalue weighted by atomic mass is 35.5. The lowest BCUT2D eigenvalue weighted by Crippen LogP contribution is -2.12. The first-order valence-corrected chi connectivity index (χ1v) is 4.70. The monoisotopic (exact) mass is 227 g/mol. The van der Waals surface area contributed by atoms with Crippen molar-refractivity contribution < 1.29 is 9.47 Å². The molecule has 1 atom stereocenters. The molecule has 0 bridgehead atoms. The minimum atomic E-state index is -0.432. The Kier molecular flexibility index (Phi) is 4.13. The van der Waals surface area contributed by atoms with Crippen molar-refractivity contribution in [3.05, 3.63) is 5.28 Å². The average molecular weight is 228 g/mol. The van der Waals surface area contributed by atoms with Gasteiger partial charge in [-0.15, -0.1) is 11.4 Å². The fourth-order valence-corrected chi connectivity index (χ4v) is 0.898. The third kappa shape index (κ3) is 3.60. The van der Waals surface area contributed by atoms with Crippen LogP contribution in [0.1, 0.15) is 13.8 Å². The highest BCUT2D eigenvalue weighted by Gasteiger charge is 2.08. The number of rotatable bonds is 4. The minimum absolute atomic E-state index is 0.00710. The van der Waals surface area contributed by atoms with Gasteiger partial charge in [0.25, 0.3) is 0 Å². The summed E-state index contributed by atoms with van der Waals surface area (Å²) in [6, 6.07) is 0.181. The lowest BCUT2D eigenvalue weighted by atomic mass is 10.4. The smallest absolute Gasteiger partial charge is 0.325 e. The number of aromatic nitrogens is 3. The maximum atomic E-state index is 5.64. The first kappa shape index (κ1) is 11.5. The first-order chi connectivity index (χ1) is 7.15. The van der Waals surface area contributed by atoms with Gasteiger partial charge < -0.3 is 9.47 Å². The topological polar surface area (TPSA) is 57.1 Å². The van der Waals surface area contributed by atoms with Gasteiger partial charge in [0.05, 0.1) is 6.61 Å². The van der Waals surface area contributed by atoms with Crippen LogP contribution in [0.3, 0.4) is 0 Å². The highest BCUT2D eigenvalue weighted by molar-refractivity contribution is 6.28. The maximum absolute atomic E-state index is 5.64. The van der Waals surface area contributed by atoms with E-state index in [0.717, 1.165) is 0 Å². The van der Waals surface area contributed by atoms with Crippen LogP contribution in [0.4, 0.5) is 0 Å². The van der Waals surface area contributed by atoms with Crippen molar-refractivity contribution in [1.82, 2.24) is 15.0 Å². The second-order valence-electron chi connectivity index (χ2n) is 2.53. The van der Waals surface area contributed by atoms with Crippen LogP contribution in [-0.4, -0.2) is 27.7 Å². The quantitative estimate of drug-likeness (QED) is 0.727. The summed E-state index contributed by atoms with van der Waals surface area (Å²) >= 11 is 5.64. The Morgan fingerprint density at radius 1 is 1.40 bits per heavy atom. The molecule has 6 heteroatoms. The van der Waals surface area contributed by atoms with Crippen molar-refractivity contribution in [3.63, 3.8) is 0 Å². The molecule has 1 heterocycles. The molecule has 0 radical (unpaired) electrons. The van der Waals surface area contributed by atoms with Crippen LogP contribution in [0.5, 0.6) is 12.0 Å². The molecule has 1 rings (SSSR count). The summed E-state index contributed by atoms with van der Waals surface area (Å²) < 4.78 is 10.2. The summed E-state index contributed by atoms with van der Waals surface area (Å²) in [6.07, 6.45) is 4.71. The molecule has 1 aromatic rings. The summed E-state index contributed by atoms with van der Waals surface area (Å²) in [7, 11) is 0. The molecule has 0 saturated carbocycles. The van der Waals surface area contributed by atoms with E-state index in [1.807, 2.05) is 6.92 Å². The van der Waals surface area contributed by atoms with Crippen molar-refractivity contribution in [2.24, 2.45) is 0 Å². The minimum Gasteiger partial charge on any atom is -0.464 e. The number of nitrogens with zero attached hydrogens (tertiary/aromatic N) is 3. The number of halogens is 1. The zero-order valence-electron chi connectivity index (χ0n) is 8.40. The van der Waals surface area contributed by atoms with E-state index < -0.39 is 6.10 Å². The van der Waals surface area contributed by atoms with E-state index in [2.05, 4.69) is 20.9 Å². The normalized spacial score (nSPS) is 11.6. The van der Waals surface area contributed by atoms with E-state index in [1.165, 1.54) is 0 Å². The third-order valence-corrected chi connectivity index (χ3v) is 1.53. The van der Waals surface area contributed by atoms with Crippen LogP contribution < -0.4 is 9.47 Å². The SMILES string of the molecule is C#CC(C)Oc1nc(Cl)nc(OCC)n1. The van der Waals surface area contributed by atoms with Gasteiger partial charge in [0.1, 0.15) is 0 Å². The zero-order valence-corrected chi connectivity index (χ0v) is 9.15. The van der Waals surface area contributed by atoms with Crippen molar-refractivity contribution >= 4 is 11.6 Å². The molecule has 80 valence electrons. The lowest BCUT2D eigenvalue weighted by molar-refractivity contribution is 0.243. The second kappa shape index (κ2) is 5.37. The van der Waals surface area contributed by atoms with Crippen molar-refractivity contribution in [3.8, 4) is 24.4 Å².